The van der Waals surface area contributed by atoms with Crippen LogP contribution in [0, 0.1) is 6.92 Å². The van der Waals surface area contributed by atoms with E-state index in [-0.39, 0.29) is 5.43 Å². The molecule has 0 amide bonds. The maximum absolute atomic E-state index is 12.0. The second-order valence-corrected chi connectivity index (χ2v) is 3.73. The predicted molar refractivity (Wildman–Crippen MR) is 66.5 cm³/mol. The van der Waals surface area contributed by atoms with Crippen LogP contribution < -0.4 is 5.43 Å². The first-order chi connectivity index (χ1) is 7.74. The first-order valence-corrected chi connectivity index (χ1v) is 5.43. The van der Waals surface area contributed by atoms with Gasteiger partial charge in [-0.1, -0.05) is 25.1 Å². The molecule has 0 saturated carbocycles. The van der Waals surface area contributed by atoms with Crippen molar-refractivity contribution in [3.63, 3.8) is 0 Å². The molecular weight excluding hydrogens is 200 g/mol. The van der Waals surface area contributed by atoms with Crippen LogP contribution in [-0.2, 0) is 0 Å². The van der Waals surface area contributed by atoms with Crippen molar-refractivity contribution in [2.45, 2.75) is 20.3 Å². The smallest absolute Gasteiger partial charge is 0.196 e. The summed E-state index contributed by atoms with van der Waals surface area (Å²) in [4.78, 5) is 12.0. The second-order valence-electron chi connectivity index (χ2n) is 3.73. The minimum absolute atomic E-state index is 0.0533. The van der Waals surface area contributed by atoms with Crippen molar-refractivity contribution >= 4 is 17.0 Å². The number of para-hydroxylation sites is 1. The molecule has 2 heteroatoms. The molecule has 0 aliphatic carbocycles. The molecule has 0 unspecified atom stereocenters. The zero-order chi connectivity index (χ0) is 11.5. The summed E-state index contributed by atoms with van der Waals surface area (Å²) in [6.07, 6.45) is 4.78. The van der Waals surface area contributed by atoms with E-state index < -0.39 is 0 Å². The number of allylic oxidation sites excluding steroid dienone is 1. The Hall–Kier alpha value is -1.83. The van der Waals surface area contributed by atoms with Gasteiger partial charge in [0.2, 0.25) is 0 Å². The van der Waals surface area contributed by atoms with Crippen LogP contribution in [0.4, 0.5) is 0 Å². The monoisotopic (exact) mass is 214 g/mol. The van der Waals surface area contributed by atoms with Crippen LogP contribution in [0.5, 0.6) is 0 Å². The van der Waals surface area contributed by atoms with Gasteiger partial charge in [-0.15, -0.1) is 0 Å². The Morgan fingerprint density at radius 1 is 1.31 bits per heavy atom. The standard InChI is InChI=1S/C14H14O2/c1-3-4-8-12-10(2)14(15)11-7-5-6-9-13(11)16-12/h4-9H,3H2,1-2H3. The van der Waals surface area contributed by atoms with Crippen LogP contribution >= 0.6 is 0 Å². The molecular formula is C14H14O2. The zero-order valence-corrected chi connectivity index (χ0v) is 9.49. The molecule has 0 radical (unpaired) electrons. The van der Waals surface area contributed by atoms with Gasteiger partial charge in [0, 0.05) is 5.56 Å². The van der Waals surface area contributed by atoms with Gasteiger partial charge in [0.1, 0.15) is 11.3 Å². The summed E-state index contributed by atoms with van der Waals surface area (Å²) in [5.41, 5.74) is 1.37. The number of fused-ring (bicyclic) bond motifs is 1. The van der Waals surface area contributed by atoms with E-state index in [0.29, 0.717) is 22.3 Å². The lowest BCUT2D eigenvalue weighted by Gasteiger charge is -2.02. The maximum atomic E-state index is 12.0. The van der Waals surface area contributed by atoms with Crippen LogP contribution in [-0.4, -0.2) is 0 Å². The fourth-order valence-electron chi connectivity index (χ4n) is 1.64. The topological polar surface area (TPSA) is 30.2 Å². The molecule has 2 aromatic rings. The molecule has 0 N–H and O–H groups in total. The van der Waals surface area contributed by atoms with Crippen LogP contribution in [0.25, 0.3) is 17.0 Å². The largest absolute Gasteiger partial charge is 0.456 e. The number of rotatable bonds is 2. The molecule has 0 aliphatic rings. The van der Waals surface area contributed by atoms with Gasteiger partial charge in [-0.05, 0) is 31.6 Å². The zero-order valence-electron chi connectivity index (χ0n) is 9.49. The van der Waals surface area contributed by atoms with E-state index in [2.05, 4.69) is 0 Å². The van der Waals surface area contributed by atoms with Gasteiger partial charge in [0.05, 0.1) is 5.39 Å². The molecule has 2 rings (SSSR count). The lowest BCUT2D eigenvalue weighted by molar-refractivity contribution is 0.585. The summed E-state index contributed by atoms with van der Waals surface area (Å²) in [6, 6.07) is 7.33. The Kier molecular flexibility index (Phi) is 2.91. The van der Waals surface area contributed by atoms with Crippen LogP contribution in [0.3, 0.4) is 0 Å². The molecule has 16 heavy (non-hydrogen) atoms. The summed E-state index contributed by atoms with van der Waals surface area (Å²) in [5, 5.41) is 0.647. The van der Waals surface area contributed by atoms with E-state index in [1.165, 1.54) is 0 Å². The SMILES string of the molecule is CCC=Cc1oc2ccccc2c(=O)c1C. The van der Waals surface area contributed by atoms with Crippen molar-refractivity contribution in [3.05, 3.63) is 51.9 Å². The van der Waals surface area contributed by atoms with Gasteiger partial charge in [-0.25, -0.2) is 0 Å². The van der Waals surface area contributed by atoms with Crippen molar-refractivity contribution in [1.29, 1.82) is 0 Å². The van der Waals surface area contributed by atoms with Gasteiger partial charge in [-0.2, -0.15) is 0 Å². The molecule has 0 saturated heterocycles. The molecule has 2 nitrogen and oxygen atoms in total. The van der Waals surface area contributed by atoms with E-state index in [1.807, 2.05) is 37.3 Å². The molecule has 1 aromatic heterocycles. The number of hydrogen-bond acceptors (Lipinski definition) is 2. The minimum atomic E-state index is 0.0533. The Bertz CT molecular complexity index is 591. The summed E-state index contributed by atoms with van der Waals surface area (Å²) in [5.74, 6) is 0.658. The molecule has 0 atom stereocenters. The highest BCUT2D eigenvalue weighted by Gasteiger charge is 2.07. The molecule has 1 heterocycles. The van der Waals surface area contributed by atoms with Crippen molar-refractivity contribution in [2.75, 3.05) is 0 Å². The Labute approximate surface area is 94.2 Å². The van der Waals surface area contributed by atoms with Crippen molar-refractivity contribution in [2.24, 2.45) is 0 Å². The van der Waals surface area contributed by atoms with Gasteiger partial charge in [0.15, 0.2) is 5.43 Å². The van der Waals surface area contributed by atoms with E-state index in [0.717, 1.165) is 6.42 Å². The van der Waals surface area contributed by atoms with Gasteiger partial charge in [0.25, 0.3) is 0 Å². The lowest BCUT2D eigenvalue weighted by atomic mass is 10.1. The normalized spacial score (nSPS) is 11.4. The second kappa shape index (κ2) is 4.35. The molecule has 1 aromatic carbocycles. The quantitative estimate of drug-likeness (QED) is 0.765. The summed E-state index contributed by atoms with van der Waals surface area (Å²) < 4.78 is 5.69. The van der Waals surface area contributed by atoms with E-state index in [4.69, 9.17) is 4.42 Å². The van der Waals surface area contributed by atoms with E-state index >= 15 is 0 Å². The fourth-order valence-corrected chi connectivity index (χ4v) is 1.64. The molecule has 0 fully saturated rings. The van der Waals surface area contributed by atoms with Gasteiger partial charge >= 0.3 is 0 Å². The summed E-state index contributed by atoms with van der Waals surface area (Å²) >= 11 is 0. The van der Waals surface area contributed by atoms with E-state index in [9.17, 15) is 4.79 Å². The lowest BCUT2D eigenvalue weighted by Crippen LogP contribution is -2.06. The number of hydrogen-bond donors (Lipinski definition) is 0. The highest BCUT2D eigenvalue weighted by Crippen LogP contribution is 2.16. The van der Waals surface area contributed by atoms with Crippen LogP contribution in [0.15, 0.2) is 39.6 Å². The van der Waals surface area contributed by atoms with Gasteiger partial charge in [-0.3, -0.25) is 4.79 Å². The van der Waals surface area contributed by atoms with Gasteiger partial charge < -0.3 is 4.42 Å². The Morgan fingerprint density at radius 3 is 2.81 bits per heavy atom. The Balaban J connectivity index is 2.74. The fraction of sp³-hybridized carbons (Fsp3) is 0.214. The first-order valence-electron chi connectivity index (χ1n) is 5.43. The van der Waals surface area contributed by atoms with Crippen molar-refractivity contribution < 1.29 is 4.42 Å². The maximum Gasteiger partial charge on any atom is 0.196 e. The average Bonchev–Trinajstić information content (AvgIpc) is 2.32. The number of benzene rings is 1. The van der Waals surface area contributed by atoms with Crippen LogP contribution in [0.2, 0.25) is 0 Å². The third-order valence-electron chi connectivity index (χ3n) is 2.57. The molecule has 0 aliphatic heterocycles. The third kappa shape index (κ3) is 1.78. The molecule has 0 bridgehead atoms. The average molecular weight is 214 g/mol. The Morgan fingerprint density at radius 2 is 2.06 bits per heavy atom. The van der Waals surface area contributed by atoms with E-state index in [1.54, 1.807) is 13.0 Å². The highest BCUT2D eigenvalue weighted by atomic mass is 16.3. The minimum Gasteiger partial charge on any atom is -0.456 e. The first kappa shape index (κ1) is 10.7. The highest BCUT2D eigenvalue weighted by molar-refractivity contribution is 5.78. The van der Waals surface area contributed by atoms with Crippen molar-refractivity contribution in [3.8, 4) is 0 Å². The summed E-state index contributed by atoms with van der Waals surface area (Å²) in [6.45, 7) is 3.85. The third-order valence-corrected chi connectivity index (χ3v) is 2.57. The molecule has 0 spiro atoms. The molecule has 82 valence electrons. The van der Waals surface area contributed by atoms with Crippen LogP contribution in [0.1, 0.15) is 24.7 Å². The summed E-state index contributed by atoms with van der Waals surface area (Å²) in [7, 11) is 0. The van der Waals surface area contributed by atoms with Crippen molar-refractivity contribution in [1.82, 2.24) is 0 Å². The predicted octanol–water partition coefficient (Wildman–Crippen LogP) is 3.52.